The number of nitrogens with one attached hydrogen (secondary N) is 2. The minimum atomic E-state index is -0.0960. The Bertz CT molecular complexity index is 739. The highest BCUT2D eigenvalue weighted by molar-refractivity contribution is 5.89. The Hall–Kier alpha value is -3.02. The van der Waals surface area contributed by atoms with Gasteiger partial charge in [-0.1, -0.05) is 30.3 Å². The molecule has 0 aliphatic heterocycles. The van der Waals surface area contributed by atoms with E-state index < -0.39 is 0 Å². The first-order chi connectivity index (χ1) is 10.8. The second-order valence-electron chi connectivity index (χ2n) is 4.79. The maximum atomic E-state index is 11.9. The number of aryl methyl sites for hydroxylation is 1. The summed E-state index contributed by atoms with van der Waals surface area (Å²) in [4.78, 5) is 18.8. The molecule has 2 heterocycles. The molecular weight excluding hydrogens is 278 g/mol. The van der Waals surface area contributed by atoms with Crippen molar-refractivity contribution in [2.45, 2.75) is 12.8 Å². The second kappa shape index (κ2) is 6.62. The lowest BCUT2D eigenvalue weighted by Gasteiger charge is -2.01. The molecule has 0 atom stereocenters. The first-order valence-corrected chi connectivity index (χ1v) is 6.98. The average Bonchev–Trinajstić information content (AvgIpc) is 3.03. The van der Waals surface area contributed by atoms with Gasteiger partial charge in [-0.2, -0.15) is 0 Å². The highest BCUT2D eigenvalue weighted by atomic mass is 16.1. The SMILES string of the molecule is O=C(CCc1ccccc1)Nc1nnc(-c2ccncc2)[nH]1. The number of amides is 1. The van der Waals surface area contributed by atoms with Gasteiger partial charge < -0.3 is 4.98 Å². The van der Waals surface area contributed by atoms with Crippen LogP contribution in [-0.4, -0.2) is 26.1 Å². The molecule has 0 saturated carbocycles. The number of carbonyl (C=O) groups is 1. The number of rotatable bonds is 5. The second-order valence-corrected chi connectivity index (χ2v) is 4.79. The van der Waals surface area contributed by atoms with Gasteiger partial charge in [-0.15, -0.1) is 10.2 Å². The number of carbonyl (C=O) groups excluding carboxylic acids is 1. The Kier molecular flexibility index (Phi) is 4.20. The topological polar surface area (TPSA) is 83.6 Å². The highest BCUT2D eigenvalue weighted by Crippen LogP contribution is 2.14. The van der Waals surface area contributed by atoms with Crippen LogP contribution in [0.3, 0.4) is 0 Å². The third-order valence-corrected chi connectivity index (χ3v) is 3.18. The van der Waals surface area contributed by atoms with Crippen LogP contribution in [0.25, 0.3) is 11.4 Å². The fraction of sp³-hybridized carbons (Fsp3) is 0.125. The first-order valence-electron chi connectivity index (χ1n) is 6.98. The fourth-order valence-electron chi connectivity index (χ4n) is 2.06. The normalized spacial score (nSPS) is 10.4. The van der Waals surface area contributed by atoms with Gasteiger partial charge in [0.05, 0.1) is 0 Å². The van der Waals surface area contributed by atoms with Crippen LogP contribution in [0.2, 0.25) is 0 Å². The molecule has 0 bridgehead atoms. The van der Waals surface area contributed by atoms with Gasteiger partial charge in [0.25, 0.3) is 0 Å². The Morgan fingerprint density at radius 3 is 2.59 bits per heavy atom. The number of hydrogen-bond donors (Lipinski definition) is 2. The van der Waals surface area contributed by atoms with Gasteiger partial charge in [-0.25, -0.2) is 0 Å². The summed E-state index contributed by atoms with van der Waals surface area (Å²) in [5, 5.41) is 10.7. The van der Waals surface area contributed by atoms with Gasteiger partial charge in [0.2, 0.25) is 11.9 Å². The van der Waals surface area contributed by atoms with Crippen molar-refractivity contribution >= 4 is 11.9 Å². The molecular formula is C16H15N5O. The molecule has 110 valence electrons. The predicted octanol–water partition coefficient (Wildman–Crippen LogP) is 2.44. The smallest absolute Gasteiger partial charge is 0.228 e. The zero-order valence-corrected chi connectivity index (χ0v) is 11.9. The number of anilines is 1. The summed E-state index contributed by atoms with van der Waals surface area (Å²) in [5.74, 6) is 0.854. The van der Waals surface area contributed by atoms with Crippen molar-refractivity contribution in [2.75, 3.05) is 5.32 Å². The summed E-state index contributed by atoms with van der Waals surface area (Å²) < 4.78 is 0. The van der Waals surface area contributed by atoms with Crippen molar-refractivity contribution in [3.8, 4) is 11.4 Å². The van der Waals surface area contributed by atoms with E-state index in [0.29, 0.717) is 24.6 Å². The third-order valence-electron chi connectivity index (χ3n) is 3.18. The van der Waals surface area contributed by atoms with Crippen molar-refractivity contribution in [3.63, 3.8) is 0 Å². The molecule has 1 amide bonds. The molecule has 0 unspecified atom stereocenters. The molecule has 0 aliphatic carbocycles. The zero-order valence-electron chi connectivity index (χ0n) is 11.9. The summed E-state index contributed by atoms with van der Waals surface area (Å²) in [6.07, 6.45) is 4.44. The van der Waals surface area contributed by atoms with Gasteiger partial charge >= 0.3 is 0 Å². The van der Waals surface area contributed by atoms with Gasteiger partial charge in [-0.3, -0.25) is 15.1 Å². The number of aromatic amines is 1. The van der Waals surface area contributed by atoms with Crippen LogP contribution in [0.1, 0.15) is 12.0 Å². The fourth-order valence-corrected chi connectivity index (χ4v) is 2.06. The van der Waals surface area contributed by atoms with E-state index in [9.17, 15) is 4.79 Å². The maximum Gasteiger partial charge on any atom is 0.228 e. The quantitative estimate of drug-likeness (QED) is 0.756. The number of nitrogens with zero attached hydrogens (tertiary/aromatic N) is 3. The van der Waals surface area contributed by atoms with E-state index >= 15 is 0 Å². The third kappa shape index (κ3) is 3.54. The zero-order chi connectivity index (χ0) is 15.2. The Morgan fingerprint density at radius 1 is 1.05 bits per heavy atom. The number of aromatic nitrogens is 4. The number of benzene rings is 1. The van der Waals surface area contributed by atoms with Crippen LogP contribution < -0.4 is 5.32 Å². The summed E-state index contributed by atoms with van der Waals surface area (Å²) in [6, 6.07) is 13.5. The van der Waals surface area contributed by atoms with Crippen LogP contribution in [-0.2, 0) is 11.2 Å². The van der Waals surface area contributed by atoms with E-state index in [2.05, 4.69) is 25.5 Å². The Morgan fingerprint density at radius 2 is 1.82 bits per heavy atom. The summed E-state index contributed by atoms with van der Waals surface area (Å²) in [7, 11) is 0. The molecule has 2 aromatic heterocycles. The standard InChI is InChI=1S/C16H15N5O/c22-14(7-6-12-4-2-1-3-5-12)18-16-19-15(20-21-16)13-8-10-17-11-9-13/h1-5,8-11H,6-7H2,(H2,18,19,20,21,22). The molecule has 22 heavy (non-hydrogen) atoms. The molecule has 0 spiro atoms. The van der Waals surface area contributed by atoms with Crippen molar-refractivity contribution in [1.29, 1.82) is 0 Å². The number of hydrogen-bond acceptors (Lipinski definition) is 4. The van der Waals surface area contributed by atoms with Crippen LogP contribution in [0, 0.1) is 0 Å². The number of H-pyrrole nitrogens is 1. The molecule has 6 heteroatoms. The molecule has 1 aromatic carbocycles. The van der Waals surface area contributed by atoms with Crippen molar-refractivity contribution in [2.24, 2.45) is 0 Å². The molecule has 0 aliphatic rings. The van der Waals surface area contributed by atoms with Gasteiger partial charge in [0.1, 0.15) is 0 Å². The molecule has 0 radical (unpaired) electrons. The highest BCUT2D eigenvalue weighted by Gasteiger charge is 2.08. The van der Waals surface area contributed by atoms with Crippen LogP contribution in [0.4, 0.5) is 5.95 Å². The van der Waals surface area contributed by atoms with Crippen LogP contribution in [0.5, 0.6) is 0 Å². The van der Waals surface area contributed by atoms with Gasteiger partial charge in [0.15, 0.2) is 5.82 Å². The first kappa shape index (κ1) is 13.9. The molecule has 3 rings (SSSR count). The molecule has 6 nitrogen and oxygen atoms in total. The lowest BCUT2D eigenvalue weighted by molar-refractivity contribution is -0.116. The predicted molar refractivity (Wildman–Crippen MR) is 83.0 cm³/mol. The summed E-state index contributed by atoms with van der Waals surface area (Å²) in [5.41, 5.74) is 2.00. The van der Waals surface area contributed by atoms with E-state index in [-0.39, 0.29) is 5.91 Å². The lowest BCUT2D eigenvalue weighted by Crippen LogP contribution is -2.13. The van der Waals surface area contributed by atoms with Crippen molar-refractivity contribution in [1.82, 2.24) is 20.2 Å². The molecule has 0 fully saturated rings. The molecule has 3 aromatic rings. The van der Waals surface area contributed by atoms with E-state index in [1.165, 1.54) is 0 Å². The Balaban J connectivity index is 1.57. The van der Waals surface area contributed by atoms with Crippen molar-refractivity contribution < 1.29 is 4.79 Å². The lowest BCUT2D eigenvalue weighted by atomic mass is 10.1. The van der Waals surface area contributed by atoms with Gasteiger partial charge in [-0.05, 0) is 24.1 Å². The van der Waals surface area contributed by atoms with E-state index in [1.807, 2.05) is 42.5 Å². The van der Waals surface area contributed by atoms with E-state index in [1.54, 1.807) is 12.4 Å². The maximum absolute atomic E-state index is 11.9. The molecule has 2 N–H and O–H groups in total. The number of pyridine rings is 1. The van der Waals surface area contributed by atoms with E-state index in [4.69, 9.17) is 0 Å². The Labute approximate surface area is 127 Å². The largest absolute Gasteiger partial charge is 0.307 e. The monoisotopic (exact) mass is 293 g/mol. The van der Waals surface area contributed by atoms with Gasteiger partial charge in [0, 0.05) is 24.4 Å². The van der Waals surface area contributed by atoms with Crippen molar-refractivity contribution in [3.05, 3.63) is 60.4 Å². The average molecular weight is 293 g/mol. The van der Waals surface area contributed by atoms with E-state index in [0.717, 1.165) is 11.1 Å². The summed E-state index contributed by atoms with van der Waals surface area (Å²) >= 11 is 0. The van der Waals surface area contributed by atoms with Crippen LogP contribution >= 0.6 is 0 Å². The molecule has 0 saturated heterocycles. The summed E-state index contributed by atoms with van der Waals surface area (Å²) in [6.45, 7) is 0. The van der Waals surface area contributed by atoms with Crippen LogP contribution in [0.15, 0.2) is 54.9 Å². The minimum Gasteiger partial charge on any atom is -0.307 e. The minimum absolute atomic E-state index is 0.0960.